The number of hydrogen-bond donors (Lipinski definition) is 1. The average molecular weight is 439 g/mol. The van der Waals surface area contributed by atoms with E-state index in [-0.39, 0.29) is 11.9 Å². The summed E-state index contributed by atoms with van der Waals surface area (Å²) in [6.45, 7) is 1.96. The van der Waals surface area contributed by atoms with Gasteiger partial charge in [0.2, 0.25) is 0 Å². The van der Waals surface area contributed by atoms with Crippen molar-refractivity contribution in [1.82, 2.24) is 15.3 Å². The summed E-state index contributed by atoms with van der Waals surface area (Å²) in [6.07, 6.45) is 1.59. The standard InChI is InChI=1S/C27H26N4O2/c1-19(20-10-6-4-7-11-20)29-27(32)24-18-28-25(21-14-16-23(33-3)17-15-21)30-26(24)31(2)22-12-8-5-9-13-22/h4-19H,1-3H3,(H,29,32). The molecule has 0 bridgehead atoms. The smallest absolute Gasteiger partial charge is 0.257 e. The third-order valence-corrected chi connectivity index (χ3v) is 5.47. The zero-order valence-electron chi connectivity index (χ0n) is 18.9. The number of ether oxygens (including phenoxy) is 1. The zero-order chi connectivity index (χ0) is 23.2. The average Bonchev–Trinajstić information content (AvgIpc) is 2.89. The molecule has 1 amide bonds. The molecule has 1 unspecified atom stereocenters. The van der Waals surface area contributed by atoms with Crippen LogP contribution in [-0.4, -0.2) is 30.0 Å². The van der Waals surface area contributed by atoms with Crippen LogP contribution in [0.2, 0.25) is 0 Å². The zero-order valence-corrected chi connectivity index (χ0v) is 18.9. The summed E-state index contributed by atoms with van der Waals surface area (Å²) >= 11 is 0. The highest BCUT2D eigenvalue weighted by Crippen LogP contribution is 2.28. The van der Waals surface area contributed by atoms with Gasteiger partial charge in [0.15, 0.2) is 5.82 Å². The number of carbonyl (C=O) groups is 1. The van der Waals surface area contributed by atoms with Gasteiger partial charge in [-0.05, 0) is 48.9 Å². The highest BCUT2D eigenvalue weighted by molar-refractivity contribution is 5.99. The lowest BCUT2D eigenvalue weighted by Crippen LogP contribution is -2.29. The summed E-state index contributed by atoms with van der Waals surface area (Å²) in [5.41, 5.74) is 3.19. The Morgan fingerprint density at radius 3 is 2.21 bits per heavy atom. The van der Waals surface area contributed by atoms with E-state index in [1.54, 1.807) is 13.3 Å². The van der Waals surface area contributed by atoms with Crippen molar-refractivity contribution in [2.75, 3.05) is 19.1 Å². The molecule has 0 spiro atoms. The number of para-hydroxylation sites is 1. The van der Waals surface area contributed by atoms with E-state index >= 15 is 0 Å². The SMILES string of the molecule is COc1ccc(-c2ncc(C(=O)NC(C)c3ccccc3)c(N(C)c3ccccc3)n2)cc1. The first-order valence-corrected chi connectivity index (χ1v) is 10.7. The second kappa shape index (κ2) is 9.96. The Morgan fingerprint density at radius 1 is 0.939 bits per heavy atom. The summed E-state index contributed by atoms with van der Waals surface area (Å²) in [5.74, 6) is 1.58. The number of hydrogen-bond acceptors (Lipinski definition) is 5. The lowest BCUT2D eigenvalue weighted by atomic mass is 10.1. The first kappa shape index (κ1) is 22.0. The number of nitrogens with one attached hydrogen (secondary N) is 1. The Balaban J connectivity index is 1.71. The number of carbonyl (C=O) groups excluding carboxylic acids is 1. The lowest BCUT2D eigenvalue weighted by molar-refractivity contribution is 0.0940. The van der Waals surface area contributed by atoms with Gasteiger partial charge in [0.05, 0.1) is 13.2 Å². The van der Waals surface area contributed by atoms with Gasteiger partial charge in [-0.1, -0.05) is 48.5 Å². The van der Waals surface area contributed by atoms with Gasteiger partial charge >= 0.3 is 0 Å². The normalized spacial score (nSPS) is 11.5. The predicted octanol–water partition coefficient (Wildman–Crippen LogP) is 5.41. The predicted molar refractivity (Wildman–Crippen MR) is 131 cm³/mol. The molecule has 0 fully saturated rings. The van der Waals surface area contributed by atoms with E-state index in [0.717, 1.165) is 22.6 Å². The minimum absolute atomic E-state index is 0.158. The Morgan fingerprint density at radius 2 is 1.58 bits per heavy atom. The van der Waals surface area contributed by atoms with Crippen LogP contribution in [0.3, 0.4) is 0 Å². The van der Waals surface area contributed by atoms with Crippen molar-refractivity contribution in [2.24, 2.45) is 0 Å². The van der Waals surface area contributed by atoms with Gasteiger partial charge < -0.3 is 15.0 Å². The van der Waals surface area contributed by atoms with Crippen molar-refractivity contribution in [3.05, 3.63) is 102 Å². The molecule has 1 N–H and O–H groups in total. The Bertz CT molecular complexity index is 1210. The number of amides is 1. The number of aromatic nitrogens is 2. The largest absolute Gasteiger partial charge is 0.497 e. The first-order valence-electron chi connectivity index (χ1n) is 10.7. The maximum atomic E-state index is 13.3. The molecule has 4 aromatic rings. The van der Waals surface area contributed by atoms with Crippen LogP contribution in [-0.2, 0) is 0 Å². The molecule has 0 aliphatic carbocycles. The highest BCUT2D eigenvalue weighted by Gasteiger charge is 2.21. The Labute approximate surface area is 193 Å². The highest BCUT2D eigenvalue weighted by atomic mass is 16.5. The van der Waals surface area contributed by atoms with E-state index in [2.05, 4.69) is 10.3 Å². The molecule has 1 heterocycles. The minimum atomic E-state index is -0.231. The van der Waals surface area contributed by atoms with E-state index in [4.69, 9.17) is 9.72 Å². The first-order chi connectivity index (χ1) is 16.1. The summed E-state index contributed by atoms with van der Waals surface area (Å²) < 4.78 is 5.25. The van der Waals surface area contributed by atoms with Crippen LogP contribution in [0.15, 0.2) is 91.1 Å². The monoisotopic (exact) mass is 438 g/mol. The summed E-state index contributed by atoms with van der Waals surface area (Å²) in [6, 6.07) is 27.0. The third kappa shape index (κ3) is 5.01. The van der Waals surface area contributed by atoms with Gasteiger partial charge in [0, 0.05) is 24.5 Å². The second-order valence-corrected chi connectivity index (χ2v) is 7.66. The van der Waals surface area contributed by atoms with E-state index in [1.165, 1.54) is 0 Å². The molecule has 0 radical (unpaired) electrons. The molecule has 6 heteroatoms. The molecular formula is C27H26N4O2. The molecule has 6 nitrogen and oxygen atoms in total. The number of nitrogens with zero attached hydrogens (tertiary/aromatic N) is 3. The lowest BCUT2D eigenvalue weighted by Gasteiger charge is -2.22. The van der Waals surface area contributed by atoms with Crippen LogP contribution >= 0.6 is 0 Å². The van der Waals surface area contributed by atoms with E-state index in [9.17, 15) is 4.79 Å². The number of rotatable bonds is 7. The van der Waals surface area contributed by atoms with Crippen LogP contribution in [0.25, 0.3) is 11.4 Å². The number of benzene rings is 3. The molecule has 0 saturated heterocycles. The van der Waals surface area contributed by atoms with Crippen molar-refractivity contribution in [3.63, 3.8) is 0 Å². The van der Waals surface area contributed by atoms with Gasteiger partial charge in [-0.25, -0.2) is 9.97 Å². The molecule has 0 saturated carbocycles. The number of anilines is 2. The fraction of sp³-hybridized carbons (Fsp3) is 0.148. The second-order valence-electron chi connectivity index (χ2n) is 7.66. The third-order valence-electron chi connectivity index (χ3n) is 5.47. The van der Waals surface area contributed by atoms with Gasteiger partial charge in [-0.2, -0.15) is 0 Å². The Hall–Kier alpha value is -4.19. The number of methoxy groups -OCH3 is 1. The van der Waals surface area contributed by atoms with E-state index in [0.29, 0.717) is 17.2 Å². The molecule has 3 aromatic carbocycles. The topological polar surface area (TPSA) is 67.3 Å². The molecule has 4 rings (SSSR count). The molecule has 0 aliphatic rings. The minimum Gasteiger partial charge on any atom is -0.497 e. The van der Waals surface area contributed by atoms with Crippen LogP contribution in [0.4, 0.5) is 11.5 Å². The van der Waals surface area contributed by atoms with Gasteiger partial charge in [-0.3, -0.25) is 4.79 Å². The molecule has 166 valence electrons. The van der Waals surface area contributed by atoms with Crippen molar-refractivity contribution < 1.29 is 9.53 Å². The molecule has 1 atom stereocenters. The summed E-state index contributed by atoms with van der Waals surface area (Å²) in [7, 11) is 3.52. The molecule has 1 aromatic heterocycles. The van der Waals surface area contributed by atoms with Crippen molar-refractivity contribution in [1.29, 1.82) is 0 Å². The van der Waals surface area contributed by atoms with Crippen molar-refractivity contribution >= 4 is 17.4 Å². The van der Waals surface area contributed by atoms with E-state index < -0.39 is 0 Å². The van der Waals surface area contributed by atoms with Crippen molar-refractivity contribution in [3.8, 4) is 17.1 Å². The summed E-state index contributed by atoms with van der Waals surface area (Å²) in [4.78, 5) is 24.5. The van der Waals surface area contributed by atoms with E-state index in [1.807, 2.05) is 104 Å². The molecule has 0 aliphatic heterocycles. The maximum Gasteiger partial charge on any atom is 0.257 e. The van der Waals surface area contributed by atoms with Gasteiger partial charge in [0.1, 0.15) is 17.1 Å². The van der Waals surface area contributed by atoms with Crippen LogP contribution in [0.1, 0.15) is 28.9 Å². The maximum absolute atomic E-state index is 13.3. The van der Waals surface area contributed by atoms with Crippen LogP contribution in [0.5, 0.6) is 5.75 Å². The van der Waals surface area contributed by atoms with Gasteiger partial charge in [-0.15, -0.1) is 0 Å². The quantitative estimate of drug-likeness (QED) is 0.418. The summed E-state index contributed by atoms with van der Waals surface area (Å²) in [5, 5.41) is 3.07. The fourth-order valence-corrected chi connectivity index (χ4v) is 3.54. The fourth-order valence-electron chi connectivity index (χ4n) is 3.54. The molecular weight excluding hydrogens is 412 g/mol. The van der Waals surface area contributed by atoms with Crippen molar-refractivity contribution in [2.45, 2.75) is 13.0 Å². The van der Waals surface area contributed by atoms with Crippen LogP contribution in [0, 0.1) is 0 Å². The van der Waals surface area contributed by atoms with Gasteiger partial charge in [0.25, 0.3) is 5.91 Å². The Kier molecular flexibility index (Phi) is 6.64. The molecule has 33 heavy (non-hydrogen) atoms. The van der Waals surface area contributed by atoms with Crippen LogP contribution < -0.4 is 15.0 Å².